The van der Waals surface area contributed by atoms with E-state index in [9.17, 15) is 4.79 Å². The number of aryl methyl sites for hydroxylation is 1. The molecule has 3 aromatic rings. The van der Waals surface area contributed by atoms with Gasteiger partial charge in [-0.1, -0.05) is 12.1 Å². The van der Waals surface area contributed by atoms with Gasteiger partial charge in [-0.15, -0.1) is 11.3 Å². The maximum Gasteiger partial charge on any atom is 0.259 e. The molecule has 0 aliphatic rings. The molecule has 6 heteroatoms. The number of benzene rings is 2. The highest BCUT2D eigenvalue weighted by Crippen LogP contribution is 2.24. The van der Waals surface area contributed by atoms with E-state index in [-0.39, 0.29) is 5.91 Å². The largest absolute Gasteiger partial charge is 0.497 e. The van der Waals surface area contributed by atoms with Crippen LogP contribution in [0.15, 0.2) is 53.9 Å². The molecule has 0 aliphatic heterocycles. The molecule has 1 aromatic heterocycles. The Hall–Kier alpha value is -2.86. The van der Waals surface area contributed by atoms with Crippen LogP contribution in [0.25, 0.3) is 0 Å². The van der Waals surface area contributed by atoms with Crippen LogP contribution in [0.3, 0.4) is 0 Å². The second-order valence-electron chi connectivity index (χ2n) is 5.15. The number of thiazole rings is 1. The topological polar surface area (TPSA) is 63.2 Å². The lowest BCUT2D eigenvalue weighted by molar-refractivity contribution is 0.102. The number of nitrogens with one attached hydrogen (secondary N) is 2. The Morgan fingerprint density at radius 2 is 1.88 bits per heavy atom. The first-order valence-electron chi connectivity index (χ1n) is 7.39. The fraction of sp³-hybridized carbons (Fsp3) is 0.111. The van der Waals surface area contributed by atoms with Crippen molar-refractivity contribution in [3.63, 3.8) is 0 Å². The molecule has 0 spiro atoms. The minimum atomic E-state index is -0.194. The minimum Gasteiger partial charge on any atom is -0.497 e. The molecule has 24 heavy (non-hydrogen) atoms. The fourth-order valence-corrected chi connectivity index (χ4v) is 2.88. The molecule has 0 aliphatic carbocycles. The van der Waals surface area contributed by atoms with Gasteiger partial charge in [0.15, 0.2) is 5.13 Å². The van der Waals surface area contributed by atoms with E-state index in [1.54, 1.807) is 13.2 Å². The number of carbonyl (C=O) groups is 1. The summed E-state index contributed by atoms with van der Waals surface area (Å²) in [6.45, 7) is 1.89. The monoisotopic (exact) mass is 339 g/mol. The first kappa shape index (κ1) is 16.0. The predicted molar refractivity (Wildman–Crippen MR) is 97.5 cm³/mol. The van der Waals surface area contributed by atoms with Crippen molar-refractivity contribution >= 4 is 33.8 Å². The Morgan fingerprint density at radius 1 is 1.12 bits per heavy atom. The van der Waals surface area contributed by atoms with Crippen molar-refractivity contribution in [1.29, 1.82) is 0 Å². The highest BCUT2D eigenvalue weighted by atomic mass is 32.1. The van der Waals surface area contributed by atoms with Crippen molar-refractivity contribution in [1.82, 2.24) is 4.98 Å². The number of amides is 1. The fourth-order valence-electron chi connectivity index (χ4n) is 2.20. The molecule has 5 nitrogen and oxygen atoms in total. The number of aromatic nitrogens is 1. The van der Waals surface area contributed by atoms with Gasteiger partial charge in [-0.05, 0) is 43.3 Å². The van der Waals surface area contributed by atoms with Gasteiger partial charge in [0, 0.05) is 11.1 Å². The number of ether oxygens (including phenoxy) is 1. The number of rotatable bonds is 5. The molecule has 0 saturated heterocycles. The molecule has 0 unspecified atom stereocenters. The molecule has 1 amide bonds. The molecule has 0 bridgehead atoms. The molecule has 0 radical (unpaired) electrons. The molecule has 2 N–H and O–H groups in total. The summed E-state index contributed by atoms with van der Waals surface area (Å²) in [5.41, 5.74) is 3.05. The zero-order chi connectivity index (χ0) is 16.9. The number of para-hydroxylation sites is 1. The third kappa shape index (κ3) is 3.72. The van der Waals surface area contributed by atoms with Gasteiger partial charge in [-0.3, -0.25) is 10.1 Å². The predicted octanol–water partition coefficient (Wildman–Crippen LogP) is 4.46. The standard InChI is InChI=1S/C18H17N3O2S/c1-12-11-24-18(19-12)21-17(22)15-5-3-4-6-16(15)20-13-7-9-14(23-2)10-8-13/h3-11,20H,1-2H3,(H,19,21,22). The normalized spacial score (nSPS) is 10.2. The van der Waals surface area contributed by atoms with Crippen LogP contribution in [0.2, 0.25) is 0 Å². The zero-order valence-corrected chi connectivity index (χ0v) is 14.2. The Morgan fingerprint density at radius 3 is 2.54 bits per heavy atom. The number of hydrogen-bond acceptors (Lipinski definition) is 5. The van der Waals surface area contributed by atoms with Crippen molar-refractivity contribution in [3.8, 4) is 5.75 Å². The third-order valence-electron chi connectivity index (χ3n) is 3.38. The van der Waals surface area contributed by atoms with Gasteiger partial charge in [0.05, 0.1) is 24.1 Å². The number of nitrogens with zero attached hydrogens (tertiary/aromatic N) is 1. The van der Waals surface area contributed by atoms with Gasteiger partial charge in [0.2, 0.25) is 0 Å². The summed E-state index contributed by atoms with van der Waals surface area (Å²) in [6.07, 6.45) is 0. The van der Waals surface area contributed by atoms with Crippen LogP contribution in [-0.4, -0.2) is 18.0 Å². The van der Waals surface area contributed by atoms with Crippen molar-refractivity contribution in [3.05, 3.63) is 65.2 Å². The number of anilines is 3. The minimum absolute atomic E-state index is 0.194. The molecule has 0 atom stereocenters. The van der Waals surface area contributed by atoms with Crippen LogP contribution < -0.4 is 15.4 Å². The Kier molecular flexibility index (Phi) is 4.77. The molecular formula is C18H17N3O2S. The summed E-state index contributed by atoms with van der Waals surface area (Å²) >= 11 is 1.41. The van der Waals surface area contributed by atoms with E-state index in [2.05, 4.69) is 15.6 Å². The lowest BCUT2D eigenvalue weighted by Crippen LogP contribution is -2.13. The summed E-state index contributed by atoms with van der Waals surface area (Å²) in [6, 6.07) is 14.9. The van der Waals surface area contributed by atoms with Crippen molar-refractivity contribution in [2.75, 3.05) is 17.7 Å². The summed E-state index contributed by atoms with van der Waals surface area (Å²) in [5.74, 6) is 0.590. The van der Waals surface area contributed by atoms with Crippen molar-refractivity contribution in [2.24, 2.45) is 0 Å². The summed E-state index contributed by atoms with van der Waals surface area (Å²) in [5, 5.41) is 8.59. The highest BCUT2D eigenvalue weighted by molar-refractivity contribution is 7.13. The van der Waals surface area contributed by atoms with Crippen LogP contribution in [0.4, 0.5) is 16.5 Å². The van der Waals surface area contributed by atoms with E-state index in [1.807, 2.05) is 54.8 Å². The number of carbonyl (C=O) groups excluding carboxylic acids is 1. The molecule has 122 valence electrons. The number of methoxy groups -OCH3 is 1. The van der Waals surface area contributed by atoms with Crippen LogP contribution in [0.1, 0.15) is 16.1 Å². The summed E-state index contributed by atoms with van der Waals surface area (Å²) < 4.78 is 5.15. The van der Waals surface area contributed by atoms with Gasteiger partial charge < -0.3 is 10.1 Å². The molecule has 0 fully saturated rings. The maximum absolute atomic E-state index is 12.5. The quantitative estimate of drug-likeness (QED) is 0.720. The van der Waals surface area contributed by atoms with Crippen LogP contribution in [-0.2, 0) is 0 Å². The Bertz CT molecular complexity index is 843. The third-order valence-corrected chi connectivity index (χ3v) is 4.26. The van der Waals surface area contributed by atoms with E-state index < -0.39 is 0 Å². The van der Waals surface area contributed by atoms with Gasteiger partial charge in [0.1, 0.15) is 5.75 Å². The van der Waals surface area contributed by atoms with Crippen molar-refractivity contribution < 1.29 is 9.53 Å². The highest BCUT2D eigenvalue weighted by Gasteiger charge is 2.13. The second kappa shape index (κ2) is 7.14. The van der Waals surface area contributed by atoms with E-state index in [0.717, 1.165) is 22.8 Å². The van der Waals surface area contributed by atoms with E-state index >= 15 is 0 Å². The SMILES string of the molecule is COc1ccc(Nc2ccccc2C(=O)Nc2nc(C)cs2)cc1. The van der Waals surface area contributed by atoms with Crippen LogP contribution in [0, 0.1) is 6.92 Å². The molecule has 0 saturated carbocycles. The smallest absolute Gasteiger partial charge is 0.259 e. The average Bonchev–Trinajstić information content (AvgIpc) is 3.01. The summed E-state index contributed by atoms with van der Waals surface area (Å²) in [4.78, 5) is 16.8. The van der Waals surface area contributed by atoms with Gasteiger partial charge in [0.25, 0.3) is 5.91 Å². The van der Waals surface area contributed by atoms with E-state index in [1.165, 1.54) is 11.3 Å². The molecule has 3 rings (SSSR count). The van der Waals surface area contributed by atoms with Gasteiger partial charge >= 0.3 is 0 Å². The average molecular weight is 339 g/mol. The van der Waals surface area contributed by atoms with Crippen LogP contribution in [0.5, 0.6) is 5.75 Å². The zero-order valence-electron chi connectivity index (χ0n) is 13.4. The second-order valence-corrected chi connectivity index (χ2v) is 6.01. The molecule has 2 aromatic carbocycles. The lowest BCUT2D eigenvalue weighted by Gasteiger charge is -2.12. The Balaban J connectivity index is 1.80. The maximum atomic E-state index is 12.5. The van der Waals surface area contributed by atoms with Crippen molar-refractivity contribution in [2.45, 2.75) is 6.92 Å². The Labute approximate surface area is 144 Å². The lowest BCUT2D eigenvalue weighted by atomic mass is 10.1. The summed E-state index contributed by atoms with van der Waals surface area (Å²) in [7, 11) is 1.63. The molecular weight excluding hydrogens is 322 g/mol. The molecule has 1 heterocycles. The first-order valence-corrected chi connectivity index (χ1v) is 8.27. The van der Waals surface area contributed by atoms with Gasteiger partial charge in [-0.25, -0.2) is 4.98 Å². The van der Waals surface area contributed by atoms with E-state index in [0.29, 0.717) is 10.7 Å². The van der Waals surface area contributed by atoms with Gasteiger partial charge in [-0.2, -0.15) is 0 Å². The van der Waals surface area contributed by atoms with Crippen LogP contribution >= 0.6 is 11.3 Å². The van der Waals surface area contributed by atoms with E-state index in [4.69, 9.17) is 4.74 Å². The number of hydrogen-bond donors (Lipinski definition) is 2. The first-order chi connectivity index (χ1) is 11.7.